The highest BCUT2D eigenvalue weighted by Gasteiger charge is 2.50. The van der Waals surface area contributed by atoms with Crippen molar-refractivity contribution in [1.82, 2.24) is 9.96 Å². The lowest BCUT2D eigenvalue weighted by molar-refractivity contribution is -0.182. The number of anilines is 1. The zero-order valence-electron chi connectivity index (χ0n) is 12.2. The van der Waals surface area contributed by atoms with Gasteiger partial charge in [-0.1, -0.05) is 6.92 Å². The van der Waals surface area contributed by atoms with Crippen LogP contribution < -0.4 is 10.6 Å². The predicted molar refractivity (Wildman–Crippen MR) is 79.6 cm³/mol. The summed E-state index contributed by atoms with van der Waals surface area (Å²) in [5.74, 6) is 0.464. The number of piperidine rings is 1. The Labute approximate surface area is 127 Å². The Morgan fingerprint density at radius 2 is 2.24 bits per heavy atom. The molecule has 7 heteroatoms. The average molecular weight is 309 g/mol. The van der Waals surface area contributed by atoms with Gasteiger partial charge >= 0.3 is 0 Å². The standard InChI is InChI=1S/C14H19N3O3S/c1-3-6-16-11(18)4-5-14(2,13(16)19)17-7-9-10(20-17)8-21-12(9)15/h8H,3-7,15H2,1-2H3/t14-/m0/s1. The topological polar surface area (TPSA) is 75.9 Å². The summed E-state index contributed by atoms with van der Waals surface area (Å²) in [5.41, 5.74) is 6.05. The Balaban J connectivity index is 1.84. The SMILES string of the molecule is CCCN1C(=O)CC[C@](C)(N2Cc3c(csc3N)O2)C1=O. The van der Waals surface area contributed by atoms with E-state index in [1.807, 2.05) is 19.2 Å². The summed E-state index contributed by atoms with van der Waals surface area (Å²) in [7, 11) is 0. The second-order valence-corrected chi connectivity index (χ2v) is 6.61. The van der Waals surface area contributed by atoms with Crippen molar-refractivity contribution in [2.45, 2.75) is 45.2 Å². The molecule has 2 N–H and O–H groups in total. The Bertz CT molecular complexity index is 600. The molecule has 21 heavy (non-hydrogen) atoms. The molecule has 6 nitrogen and oxygen atoms in total. The van der Waals surface area contributed by atoms with Crippen LogP contribution >= 0.6 is 11.3 Å². The number of nitrogens with two attached hydrogens (primary N) is 1. The second-order valence-electron chi connectivity index (χ2n) is 5.70. The number of hydrogen-bond donors (Lipinski definition) is 1. The molecule has 1 aromatic heterocycles. The maximum absolute atomic E-state index is 12.7. The minimum absolute atomic E-state index is 0.0905. The Kier molecular flexibility index (Phi) is 3.41. The molecule has 1 aromatic rings. The zero-order valence-corrected chi connectivity index (χ0v) is 13.0. The fourth-order valence-corrected chi connectivity index (χ4v) is 3.59. The number of nitrogen functional groups attached to an aromatic ring is 1. The number of carbonyl (C=O) groups is 2. The fraction of sp³-hybridized carbons (Fsp3) is 0.571. The van der Waals surface area contributed by atoms with Crippen LogP contribution in [0.4, 0.5) is 5.00 Å². The predicted octanol–water partition coefficient (Wildman–Crippen LogP) is 1.76. The van der Waals surface area contributed by atoms with Crippen LogP contribution in [0.15, 0.2) is 5.38 Å². The number of hydroxylamine groups is 2. The Morgan fingerprint density at radius 1 is 1.48 bits per heavy atom. The van der Waals surface area contributed by atoms with E-state index in [4.69, 9.17) is 10.6 Å². The summed E-state index contributed by atoms with van der Waals surface area (Å²) in [6.45, 7) is 4.75. The first-order valence-corrected chi connectivity index (χ1v) is 8.01. The van der Waals surface area contributed by atoms with Gasteiger partial charge in [-0.2, -0.15) is 0 Å². The van der Waals surface area contributed by atoms with Gasteiger partial charge in [0.2, 0.25) is 5.91 Å². The van der Waals surface area contributed by atoms with E-state index in [2.05, 4.69) is 0 Å². The van der Waals surface area contributed by atoms with Crippen molar-refractivity contribution in [3.8, 4) is 5.75 Å². The van der Waals surface area contributed by atoms with Crippen molar-refractivity contribution in [3.05, 3.63) is 10.9 Å². The smallest absolute Gasteiger partial charge is 0.252 e. The molecule has 3 rings (SSSR count). The van der Waals surface area contributed by atoms with Crippen molar-refractivity contribution in [2.24, 2.45) is 0 Å². The number of likely N-dealkylation sites (tertiary alicyclic amines) is 1. The second kappa shape index (κ2) is 4.99. The van der Waals surface area contributed by atoms with Crippen LogP contribution in [0.3, 0.4) is 0 Å². The van der Waals surface area contributed by atoms with E-state index in [-0.39, 0.29) is 11.8 Å². The van der Waals surface area contributed by atoms with Crippen LogP contribution in [0.25, 0.3) is 0 Å². The quantitative estimate of drug-likeness (QED) is 0.861. The van der Waals surface area contributed by atoms with Crippen LogP contribution in [0.2, 0.25) is 0 Å². The van der Waals surface area contributed by atoms with E-state index in [9.17, 15) is 9.59 Å². The summed E-state index contributed by atoms with van der Waals surface area (Å²) < 4.78 is 0. The van der Waals surface area contributed by atoms with Gasteiger partial charge in [-0.15, -0.1) is 16.4 Å². The van der Waals surface area contributed by atoms with Gasteiger partial charge in [0, 0.05) is 23.9 Å². The van der Waals surface area contributed by atoms with E-state index < -0.39 is 5.54 Å². The molecular formula is C14H19N3O3S. The summed E-state index contributed by atoms with van der Waals surface area (Å²) >= 11 is 1.44. The molecule has 0 unspecified atom stereocenters. The third-order valence-electron chi connectivity index (χ3n) is 4.23. The highest BCUT2D eigenvalue weighted by atomic mass is 32.1. The van der Waals surface area contributed by atoms with Crippen molar-refractivity contribution in [1.29, 1.82) is 0 Å². The van der Waals surface area contributed by atoms with Gasteiger partial charge in [-0.25, -0.2) is 0 Å². The first kappa shape index (κ1) is 14.3. The number of hydrogen-bond acceptors (Lipinski definition) is 6. The van der Waals surface area contributed by atoms with Gasteiger partial charge in [0.25, 0.3) is 5.91 Å². The van der Waals surface area contributed by atoms with E-state index in [0.29, 0.717) is 25.9 Å². The average Bonchev–Trinajstić information content (AvgIpc) is 3.03. The lowest BCUT2D eigenvalue weighted by atomic mass is 9.89. The van der Waals surface area contributed by atoms with E-state index in [1.165, 1.54) is 16.2 Å². The number of carbonyl (C=O) groups excluding carboxylic acids is 2. The van der Waals surface area contributed by atoms with Crippen LogP contribution in [-0.4, -0.2) is 33.9 Å². The third kappa shape index (κ3) is 2.11. The van der Waals surface area contributed by atoms with Crippen LogP contribution in [0.5, 0.6) is 5.75 Å². The van der Waals surface area contributed by atoms with Crippen LogP contribution in [-0.2, 0) is 16.1 Å². The lowest BCUT2D eigenvalue weighted by Gasteiger charge is -2.42. The summed E-state index contributed by atoms with van der Waals surface area (Å²) in [6, 6.07) is 0. The number of thiophene rings is 1. The lowest BCUT2D eigenvalue weighted by Crippen LogP contribution is -2.62. The highest BCUT2D eigenvalue weighted by Crippen LogP contribution is 2.42. The monoisotopic (exact) mass is 309 g/mol. The van der Waals surface area contributed by atoms with Crippen molar-refractivity contribution in [3.63, 3.8) is 0 Å². The van der Waals surface area contributed by atoms with Gasteiger partial charge in [-0.05, 0) is 19.8 Å². The zero-order chi connectivity index (χ0) is 15.2. The van der Waals surface area contributed by atoms with E-state index in [1.54, 1.807) is 5.06 Å². The number of amides is 2. The number of rotatable bonds is 3. The summed E-state index contributed by atoms with van der Waals surface area (Å²) in [5, 5.41) is 4.26. The molecule has 0 aliphatic carbocycles. The molecule has 114 valence electrons. The van der Waals surface area contributed by atoms with E-state index >= 15 is 0 Å². The van der Waals surface area contributed by atoms with Crippen LogP contribution in [0.1, 0.15) is 38.7 Å². The third-order valence-corrected chi connectivity index (χ3v) is 5.06. The first-order valence-electron chi connectivity index (χ1n) is 7.13. The number of imide groups is 1. The fourth-order valence-electron chi connectivity index (χ4n) is 2.86. The molecule has 3 heterocycles. The van der Waals surface area contributed by atoms with Crippen molar-refractivity contribution in [2.75, 3.05) is 12.3 Å². The van der Waals surface area contributed by atoms with Gasteiger partial charge in [0.15, 0.2) is 5.75 Å². The van der Waals surface area contributed by atoms with Gasteiger partial charge in [0.05, 0.1) is 11.5 Å². The maximum Gasteiger partial charge on any atom is 0.252 e. The molecule has 0 spiro atoms. The molecule has 2 aliphatic rings. The van der Waals surface area contributed by atoms with Crippen molar-refractivity contribution >= 4 is 28.2 Å². The molecule has 1 atom stereocenters. The molecule has 0 saturated carbocycles. The first-order chi connectivity index (χ1) is 9.97. The molecule has 1 fully saturated rings. The van der Waals surface area contributed by atoms with Gasteiger partial charge < -0.3 is 10.6 Å². The Morgan fingerprint density at radius 3 is 2.90 bits per heavy atom. The molecule has 2 amide bonds. The van der Waals surface area contributed by atoms with E-state index in [0.717, 1.165) is 22.7 Å². The maximum atomic E-state index is 12.7. The molecule has 0 bridgehead atoms. The molecule has 0 aromatic carbocycles. The summed E-state index contributed by atoms with van der Waals surface area (Å²) in [4.78, 5) is 31.9. The van der Waals surface area contributed by atoms with Crippen molar-refractivity contribution < 1.29 is 14.4 Å². The number of nitrogens with zero attached hydrogens (tertiary/aromatic N) is 2. The molecule has 2 aliphatic heterocycles. The molecular weight excluding hydrogens is 290 g/mol. The summed E-state index contributed by atoms with van der Waals surface area (Å²) in [6.07, 6.45) is 1.59. The van der Waals surface area contributed by atoms with Gasteiger partial charge in [-0.3, -0.25) is 14.5 Å². The van der Waals surface area contributed by atoms with Crippen LogP contribution in [0, 0.1) is 0 Å². The molecule has 0 radical (unpaired) electrons. The minimum atomic E-state index is -0.813. The number of fused-ring (bicyclic) bond motifs is 1. The minimum Gasteiger partial charge on any atom is -0.403 e. The normalized spacial score (nSPS) is 26.1. The molecule has 1 saturated heterocycles. The van der Waals surface area contributed by atoms with Gasteiger partial charge in [0.1, 0.15) is 5.54 Å². The largest absolute Gasteiger partial charge is 0.403 e. The highest BCUT2D eigenvalue weighted by molar-refractivity contribution is 7.14. The Hall–Kier alpha value is -1.60.